The Balaban J connectivity index is 0.0000149. The molecule has 0 bridgehead atoms. The van der Waals surface area contributed by atoms with Crippen LogP contribution in [0.5, 0.6) is 11.5 Å². The summed E-state index contributed by atoms with van der Waals surface area (Å²) in [6.45, 7) is -5.11. The van der Waals surface area contributed by atoms with E-state index in [1.807, 2.05) is 28.8 Å². The molecule has 10 rings (SSSR count). The first-order valence-corrected chi connectivity index (χ1v) is 37.6. The van der Waals surface area contributed by atoms with Gasteiger partial charge in [-0.05, 0) is 146 Å². The number of carbonyl (C=O) groups excluding carboxylic acids is 7. The number of fused-ring (bicyclic) bond motifs is 1. The number of thioether (sulfide) groups is 1. The zero-order valence-electron chi connectivity index (χ0n) is 61.1. The van der Waals surface area contributed by atoms with E-state index >= 15 is 0 Å². The van der Waals surface area contributed by atoms with Crippen molar-refractivity contribution in [1.29, 1.82) is 0 Å². The van der Waals surface area contributed by atoms with Crippen LogP contribution in [0.15, 0.2) is 121 Å². The molecule has 4 saturated heterocycles. The number of rotatable bonds is 36. The maximum absolute atomic E-state index is 12.8. The first-order chi connectivity index (χ1) is 54.2. The monoisotopic (exact) mass is 1750 g/mol. The smallest absolute Gasteiger partial charge is 0.549 e. The van der Waals surface area contributed by atoms with Crippen LogP contribution >= 0.6 is 24.0 Å². The number of pyridine rings is 2. The quantitative estimate of drug-likeness (QED) is 0.00779. The summed E-state index contributed by atoms with van der Waals surface area (Å²) in [7, 11) is 0. The molecule has 13 unspecified atom stereocenters. The van der Waals surface area contributed by atoms with Gasteiger partial charge in [0.2, 0.25) is 18.5 Å². The summed E-state index contributed by atoms with van der Waals surface area (Å²) < 4.78 is 22.5. The molecule has 6 heterocycles. The third kappa shape index (κ3) is 27.2. The number of ketones is 1. The van der Waals surface area contributed by atoms with Crippen molar-refractivity contribution < 1.29 is 163 Å². The molecule has 0 spiro atoms. The molecule has 6 aromatic rings. The van der Waals surface area contributed by atoms with Crippen molar-refractivity contribution in [2.24, 2.45) is 0 Å². The van der Waals surface area contributed by atoms with Gasteiger partial charge >= 0.3 is 55.4 Å². The van der Waals surface area contributed by atoms with Gasteiger partial charge in [0.25, 0.3) is 0 Å². The zero-order chi connectivity index (χ0) is 80.8. The fraction of sp³-hybridized carbons (Fsp3) is 0.410. The largest absolute Gasteiger partial charge is 3.00 e. The number of unbranched alkanes of at least 4 members (excludes halogenated alkanes) is 1. The summed E-state index contributed by atoms with van der Waals surface area (Å²) in [5.74, 6) is 6.82. The number of aliphatic hydroxyl groups is 8. The van der Waals surface area contributed by atoms with Crippen LogP contribution in [0.2, 0.25) is 0 Å². The number of urea groups is 1. The fourth-order valence-electron chi connectivity index (χ4n) is 13.0. The normalized spacial score (nSPS) is 22.1. The van der Waals surface area contributed by atoms with E-state index in [-0.39, 0.29) is 153 Å². The fourth-order valence-corrected chi connectivity index (χ4v) is 14.7. The Hall–Kier alpha value is -8.71. The number of thiocarbonyl (C=S) groups is 1. The molecular weight excluding hydrogens is 1660 g/mol. The summed E-state index contributed by atoms with van der Waals surface area (Å²) in [4.78, 5) is 98.8. The van der Waals surface area contributed by atoms with Gasteiger partial charge in [0.1, 0.15) is 66.1 Å². The van der Waals surface area contributed by atoms with Crippen molar-refractivity contribution in [2.75, 3.05) is 67.6 Å². The van der Waals surface area contributed by atoms with Crippen molar-refractivity contribution in [2.45, 2.75) is 150 Å². The molecule has 2 aromatic heterocycles. The van der Waals surface area contributed by atoms with Gasteiger partial charge in [0, 0.05) is 128 Å². The number of nitrogens with one attached hydrogen (secondary N) is 5. The minimum absolute atomic E-state index is 0. The average Bonchev–Trinajstić information content (AvgIpc) is 1.70. The summed E-state index contributed by atoms with van der Waals surface area (Å²) in [5.41, 5.74) is 5.10. The third-order valence-corrected chi connectivity index (χ3v) is 20.3. The number of aliphatic carboxylic acids is 4. The zero-order valence-corrected chi connectivity index (χ0v) is 65.2. The Kier molecular flexibility index (Phi) is 33.9. The number of carboxylic acid groups (broad SMARTS) is 4. The Bertz CT molecular complexity index is 4240. The van der Waals surface area contributed by atoms with E-state index in [2.05, 4.69) is 50.3 Å². The molecule has 36 heteroatoms. The average molecular weight is 1750 g/mol. The second kappa shape index (κ2) is 43.3. The number of aliphatic hydroxyl groups excluding tert-OH is 8. The molecule has 13 N–H and O–H groups in total. The number of amides is 3. The number of aromatic nitrogens is 2. The molecule has 604 valence electrons. The van der Waals surface area contributed by atoms with Gasteiger partial charge in [0.15, 0.2) is 5.11 Å². The number of carbonyl (C=O) groups is 7. The van der Waals surface area contributed by atoms with E-state index < -0.39 is 125 Å². The minimum atomic E-state index is -1.69. The molecule has 3 amide bonds. The number of Topliss-reactive ketones (excluding diaryl/α,β-unsaturated/α-hetero) is 1. The number of carboxylic acids is 4. The van der Waals surface area contributed by atoms with Crippen LogP contribution in [-0.2, 0) is 70.8 Å². The Morgan fingerprint density at radius 1 is 0.526 bits per heavy atom. The van der Waals surface area contributed by atoms with Gasteiger partial charge in [-0.1, -0.05) is 42.2 Å². The molecule has 4 aliphatic heterocycles. The predicted octanol–water partition coefficient (Wildman–Crippen LogP) is -3.70. The number of hydrogen-bond acceptors (Lipinski definition) is 30. The van der Waals surface area contributed by atoms with Gasteiger partial charge in [-0.3, -0.25) is 34.3 Å². The van der Waals surface area contributed by atoms with E-state index in [1.54, 1.807) is 72.8 Å². The molecule has 13 atom stereocenters. The standard InChI is InChI=1S/C78H88N10O23S2.Eu/c89-41-60-69(101)71(103)73(105)75(110-60)108-57-22-11-44(12-23-57)5-7-47-29-52(79-54(31-47)35-87(37-64(93)94)38-65(95)96)33-86(34-53-30-48(32-55(80-53)36-88(39-66(97)98)40-67(99)100)8-6-45-13-24-58(25-14-45)109-76-74(106)72(104)70(102)61(42-90)111-76)28-27-46-9-15-50(16-10-46)82-78(112)83-51-19-17-49(18-20-51)81-63(92)26-21-56(91)3-1-2-4-62-68-59(43-113-62)84-77(107)85-68;/h9-20,22-25,29-32,59-62,68-76,89-90,101-106H,1-4,21,26-28,33-43H2,(H,81,92)(H,93,94)(H,95,96)(H,97,98)(H,99,100)(H2,82,83,112)(H2,84,85,107);/q;+3/p-4. The molecule has 4 aromatic carbocycles. The number of ether oxygens (including phenoxy) is 4. The Morgan fingerprint density at radius 3 is 1.37 bits per heavy atom. The van der Waals surface area contributed by atoms with Crippen LogP contribution in [0.3, 0.4) is 0 Å². The second-order valence-electron chi connectivity index (χ2n) is 27.4. The molecule has 33 nitrogen and oxygen atoms in total. The number of hydrogen-bond donors (Lipinski definition) is 13. The third-order valence-electron chi connectivity index (χ3n) is 18.5. The topological polar surface area (TPSA) is 506 Å². The van der Waals surface area contributed by atoms with Gasteiger partial charge in [-0.25, -0.2) is 4.79 Å². The van der Waals surface area contributed by atoms with Gasteiger partial charge in [-0.2, -0.15) is 11.8 Å². The Labute approximate surface area is 705 Å². The van der Waals surface area contributed by atoms with Crippen molar-refractivity contribution in [3.8, 4) is 35.2 Å². The van der Waals surface area contributed by atoms with E-state index in [0.29, 0.717) is 75.2 Å². The van der Waals surface area contributed by atoms with Gasteiger partial charge in [-0.15, -0.1) is 0 Å². The van der Waals surface area contributed by atoms with E-state index in [1.165, 1.54) is 36.4 Å². The predicted molar refractivity (Wildman–Crippen MR) is 400 cm³/mol. The molecule has 4 aliphatic rings. The summed E-state index contributed by atoms with van der Waals surface area (Å²) in [5, 5.41) is 145. The molecule has 0 saturated carbocycles. The van der Waals surface area contributed by atoms with Crippen LogP contribution in [0, 0.1) is 73.1 Å². The van der Waals surface area contributed by atoms with Crippen LogP contribution in [0.25, 0.3) is 0 Å². The number of anilines is 3. The maximum atomic E-state index is 12.8. The first kappa shape index (κ1) is 89.2. The maximum Gasteiger partial charge on any atom is 3.00 e. The second-order valence-corrected chi connectivity index (χ2v) is 29.1. The Morgan fingerprint density at radius 2 is 0.939 bits per heavy atom. The minimum Gasteiger partial charge on any atom is -0.549 e. The molecule has 0 aliphatic carbocycles. The van der Waals surface area contributed by atoms with E-state index in [9.17, 15) is 94.8 Å². The van der Waals surface area contributed by atoms with Crippen molar-refractivity contribution in [3.05, 3.63) is 172 Å². The van der Waals surface area contributed by atoms with Crippen LogP contribution < -0.4 is 56.5 Å². The summed E-state index contributed by atoms with van der Waals surface area (Å²) >= 11 is 7.50. The first-order valence-electron chi connectivity index (χ1n) is 36.1. The van der Waals surface area contributed by atoms with Crippen LogP contribution in [0.1, 0.15) is 89.1 Å². The summed E-state index contributed by atoms with van der Waals surface area (Å²) in [6.07, 6.45) is -12.0. The van der Waals surface area contributed by atoms with Gasteiger partial charge < -0.3 is 126 Å². The molecule has 0 radical (unpaired) electrons. The number of nitrogens with zero attached hydrogens (tertiary/aromatic N) is 5. The van der Waals surface area contributed by atoms with Crippen LogP contribution in [0.4, 0.5) is 21.9 Å². The molecule has 114 heavy (non-hydrogen) atoms. The van der Waals surface area contributed by atoms with Crippen molar-refractivity contribution in [1.82, 2.24) is 35.3 Å². The molecular formula is C78H84EuN10O23S2-. The molecule has 4 fully saturated rings. The SMILES string of the molecule is O=C([O-])CN(CC(=O)[O-])Cc1cc(C#Cc2ccc(OC3OC(CO)C(O)C(O)C3O)cc2)cc(CN(CCc2ccc(NC(=S)Nc3ccc(NC(=O)CCC(=O)CCCCC4SCC5NC(=O)NC54)cc3)cc2)Cc2cc(C#Cc3ccc(OC4OC(CO)C(O)C(O)C4O)cc3)cc(CN(CC(=O)[O-])CC(=O)[O-])n2)n1.[Eu+3]. The van der Waals surface area contributed by atoms with Crippen molar-refractivity contribution in [3.63, 3.8) is 0 Å². The van der Waals surface area contributed by atoms with Crippen LogP contribution in [-0.4, -0.2) is 243 Å². The van der Waals surface area contributed by atoms with Crippen molar-refractivity contribution >= 4 is 87.8 Å². The van der Waals surface area contributed by atoms with E-state index in [0.717, 1.165) is 34.0 Å². The van der Waals surface area contributed by atoms with E-state index in [4.69, 9.17) is 41.1 Å². The van der Waals surface area contributed by atoms with Gasteiger partial charge in [0.05, 0.1) is 72.0 Å². The summed E-state index contributed by atoms with van der Waals surface area (Å²) in [6, 6.07) is 32.9. The number of benzene rings is 4.